The summed E-state index contributed by atoms with van der Waals surface area (Å²) in [5.74, 6) is 0.783. The van der Waals surface area contributed by atoms with Gasteiger partial charge in [0.2, 0.25) is 5.91 Å². The molecule has 1 aliphatic rings. The summed E-state index contributed by atoms with van der Waals surface area (Å²) < 4.78 is 5.39. The van der Waals surface area contributed by atoms with Crippen LogP contribution in [0.4, 0.5) is 5.82 Å². The van der Waals surface area contributed by atoms with Gasteiger partial charge in [-0.1, -0.05) is 13.0 Å². The normalized spacial score (nSPS) is 18.9. The molecule has 20 heavy (non-hydrogen) atoms. The molecule has 1 aromatic rings. The van der Waals surface area contributed by atoms with Gasteiger partial charge in [-0.3, -0.25) is 4.79 Å². The van der Waals surface area contributed by atoms with E-state index in [0.29, 0.717) is 19.8 Å². The lowest BCUT2D eigenvalue weighted by atomic mass is 10.2. The lowest BCUT2D eigenvalue weighted by Gasteiger charge is -2.35. The maximum absolute atomic E-state index is 11.9. The minimum absolute atomic E-state index is 0.0387. The van der Waals surface area contributed by atoms with Gasteiger partial charge in [-0.2, -0.15) is 0 Å². The van der Waals surface area contributed by atoms with Crippen LogP contribution in [0, 0.1) is 0 Å². The number of amides is 1. The second kappa shape index (κ2) is 7.21. The lowest BCUT2D eigenvalue weighted by molar-refractivity contribution is -0.124. The summed E-state index contributed by atoms with van der Waals surface area (Å²) in [6.07, 6.45) is 1.86. The summed E-state index contributed by atoms with van der Waals surface area (Å²) in [5, 5.41) is 5.94. The Bertz CT molecular complexity index is 435. The summed E-state index contributed by atoms with van der Waals surface area (Å²) in [6, 6.07) is 3.70. The summed E-state index contributed by atoms with van der Waals surface area (Å²) >= 11 is 0. The number of nitrogens with one attached hydrogen (secondary N) is 2. The van der Waals surface area contributed by atoms with Crippen LogP contribution in [0.3, 0.4) is 0 Å². The first-order valence-corrected chi connectivity index (χ1v) is 6.98. The Balaban J connectivity index is 2.09. The van der Waals surface area contributed by atoms with Gasteiger partial charge < -0.3 is 20.3 Å². The van der Waals surface area contributed by atoms with Gasteiger partial charge in [-0.25, -0.2) is 4.98 Å². The molecule has 0 aliphatic carbocycles. The highest BCUT2D eigenvalue weighted by Gasteiger charge is 2.29. The van der Waals surface area contributed by atoms with Gasteiger partial charge in [0.05, 0.1) is 13.2 Å². The molecule has 0 aromatic carbocycles. The second-order valence-corrected chi connectivity index (χ2v) is 4.70. The number of carbonyl (C=O) groups is 1. The Morgan fingerprint density at radius 3 is 3.05 bits per heavy atom. The summed E-state index contributed by atoms with van der Waals surface area (Å²) in [7, 11) is 1.64. The molecule has 1 aliphatic heterocycles. The first-order chi connectivity index (χ1) is 9.76. The van der Waals surface area contributed by atoms with Crippen molar-refractivity contribution in [2.45, 2.75) is 19.5 Å². The fourth-order valence-electron chi connectivity index (χ4n) is 2.22. The average molecular weight is 278 g/mol. The molecule has 110 valence electrons. The third kappa shape index (κ3) is 3.46. The molecule has 2 heterocycles. The van der Waals surface area contributed by atoms with Crippen molar-refractivity contribution in [3.63, 3.8) is 0 Å². The van der Waals surface area contributed by atoms with E-state index in [1.54, 1.807) is 7.05 Å². The molecule has 1 amide bonds. The first kappa shape index (κ1) is 14.7. The zero-order valence-electron chi connectivity index (χ0n) is 12.1. The molecule has 6 heteroatoms. The van der Waals surface area contributed by atoms with Crippen molar-refractivity contribution in [2.75, 3.05) is 38.3 Å². The summed E-state index contributed by atoms with van der Waals surface area (Å²) in [4.78, 5) is 18.4. The zero-order valence-corrected chi connectivity index (χ0v) is 12.1. The van der Waals surface area contributed by atoms with E-state index in [1.165, 1.54) is 0 Å². The number of anilines is 1. The van der Waals surface area contributed by atoms with E-state index in [1.807, 2.05) is 23.2 Å². The summed E-state index contributed by atoms with van der Waals surface area (Å²) in [6.45, 7) is 5.52. The number of ether oxygens (including phenoxy) is 1. The van der Waals surface area contributed by atoms with Crippen molar-refractivity contribution in [3.8, 4) is 0 Å². The van der Waals surface area contributed by atoms with E-state index in [9.17, 15) is 4.79 Å². The van der Waals surface area contributed by atoms with Gasteiger partial charge in [-0.15, -0.1) is 0 Å². The van der Waals surface area contributed by atoms with Crippen molar-refractivity contribution in [1.29, 1.82) is 0 Å². The van der Waals surface area contributed by atoms with E-state index < -0.39 is 0 Å². The van der Waals surface area contributed by atoms with Crippen LogP contribution in [-0.4, -0.2) is 50.3 Å². The van der Waals surface area contributed by atoms with Gasteiger partial charge in [0.1, 0.15) is 11.9 Å². The van der Waals surface area contributed by atoms with Crippen molar-refractivity contribution in [2.24, 2.45) is 0 Å². The molecule has 1 aromatic heterocycles. The predicted octanol–water partition coefficient (Wildman–Crippen LogP) is 0.142. The number of nitrogens with zero attached hydrogens (tertiary/aromatic N) is 2. The van der Waals surface area contributed by atoms with E-state index in [4.69, 9.17) is 4.74 Å². The highest BCUT2D eigenvalue weighted by Crippen LogP contribution is 2.17. The molecule has 2 N–H and O–H groups in total. The molecule has 6 nitrogen and oxygen atoms in total. The number of morpholine rings is 1. The highest BCUT2D eigenvalue weighted by atomic mass is 16.5. The molecule has 0 spiro atoms. The molecule has 0 radical (unpaired) electrons. The van der Waals surface area contributed by atoms with Crippen molar-refractivity contribution in [1.82, 2.24) is 15.6 Å². The molecular weight excluding hydrogens is 256 g/mol. The number of carbonyl (C=O) groups excluding carboxylic acids is 1. The Kier molecular flexibility index (Phi) is 5.31. The minimum Gasteiger partial charge on any atom is -0.377 e. The molecule has 1 unspecified atom stereocenters. The Morgan fingerprint density at radius 1 is 1.55 bits per heavy atom. The van der Waals surface area contributed by atoms with E-state index in [0.717, 1.165) is 24.5 Å². The zero-order chi connectivity index (χ0) is 14.4. The second-order valence-electron chi connectivity index (χ2n) is 4.70. The average Bonchev–Trinajstić information content (AvgIpc) is 2.52. The molecule has 1 fully saturated rings. The largest absolute Gasteiger partial charge is 0.377 e. The predicted molar refractivity (Wildman–Crippen MR) is 77.6 cm³/mol. The standard InChI is InChI=1S/C14H22N4O2/c1-3-16-8-11-4-5-13(17-9-11)18-6-7-20-10-12(18)14(19)15-2/h4-5,9,12,16H,3,6-8,10H2,1-2H3,(H,15,19). The quantitative estimate of drug-likeness (QED) is 0.802. The third-order valence-corrected chi connectivity index (χ3v) is 3.36. The molecular formula is C14H22N4O2. The van der Waals surface area contributed by atoms with Crippen LogP contribution < -0.4 is 15.5 Å². The summed E-state index contributed by atoms with van der Waals surface area (Å²) in [5.41, 5.74) is 1.14. The number of hydrogen-bond acceptors (Lipinski definition) is 5. The molecule has 2 rings (SSSR count). The molecule has 0 bridgehead atoms. The SMILES string of the molecule is CCNCc1ccc(N2CCOCC2C(=O)NC)nc1. The van der Waals surface area contributed by atoms with Crippen LogP contribution in [0.15, 0.2) is 18.3 Å². The van der Waals surface area contributed by atoms with E-state index in [-0.39, 0.29) is 11.9 Å². The van der Waals surface area contributed by atoms with Crippen molar-refractivity contribution >= 4 is 11.7 Å². The van der Waals surface area contributed by atoms with E-state index in [2.05, 4.69) is 22.5 Å². The lowest BCUT2D eigenvalue weighted by Crippen LogP contribution is -2.53. The molecule has 1 saturated heterocycles. The van der Waals surface area contributed by atoms with Crippen LogP contribution in [0.25, 0.3) is 0 Å². The number of rotatable bonds is 5. The Morgan fingerprint density at radius 2 is 2.40 bits per heavy atom. The van der Waals surface area contributed by atoms with E-state index >= 15 is 0 Å². The number of hydrogen-bond donors (Lipinski definition) is 2. The van der Waals surface area contributed by atoms with Crippen LogP contribution in [-0.2, 0) is 16.1 Å². The number of likely N-dealkylation sites (N-methyl/N-ethyl adjacent to an activating group) is 1. The van der Waals surface area contributed by atoms with Gasteiger partial charge in [0, 0.05) is 26.3 Å². The molecule has 0 saturated carbocycles. The van der Waals surface area contributed by atoms with Crippen LogP contribution >= 0.6 is 0 Å². The van der Waals surface area contributed by atoms with Crippen LogP contribution in [0.1, 0.15) is 12.5 Å². The van der Waals surface area contributed by atoms with Crippen LogP contribution in [0.5, 0.6) is 0 Å². The maximum atomic E-state index is 11.9. The Hall–Kier alpha value is -1.66. The fraction of sp³-hybridized carbons (Fsp3) is 0.571. The van der Waals surface area contributed by atoms with Gasteiger partial charge in [0.25, 0.3) is 0 Å². The number of pyridine rings is 1. The van der Waals surface area contributed by atoms with Gasteiger partial charge >= 0.3 is 0 Å². The van der Waals surface area contributed by atoms with Crippen molar-refractivity contribution < 1.29 is 9.53 Å². The van der Waals surface area contributed by atoms with Crippen molar-refractivity contribution in [3.05, 3.63) is 23.9 Å². The highest BCUT2D eigenvalue weighted by molar-refractivity contribution is 5.85. The topological polar surface area (TPSA) is 66.5 Å². The first-order valence-electron chi connectivity index (χ1n) is 6.98. The maximum Gasteiger partial charge on any atom is 0.244 e. The van der Waals surface area contributed by atoms with Gasteiger partial charge in [-0.05, 0) is 18.2 Å². The smallest absolute Gasteiger partial charge is 0.244 e. The van der Waals surface area contributed by atoms with Crippen LogP contribution in [0.2, 0.25) is 0 Å². The monoisotopic (exact) mass is 278 g/mol. The minimum atomic E-state index is -0.305. The Labute approximate surface area is 119 Å². The number of aromatic nitrogens is 1. The fourth-order valence-corrected chi connectivity index (χ4v) is 2.22. The van der Waals surface area contributed by atoms with Gasteiger partial charge in [0.15, 0.2) is 0 Å². The molecule has 1 atom stereocenters. The third-order valence-electron chi connectivity index (χ3n) is 3.36.